The maximum Gasteiger partial charge on any atom is 0.290 e. The van der Waals surface area contributed by atoms with Crippen LogP contribution >= 0.6 is 0 Å². The molecule has 1 atom stereocenters. The van der Waals surface area contributed by atoms with Crippen molar-refractivity contribution in [3.63, 3.8) is 0 Å². The highest BCUT2D eigenvalue weighted by Gasteiger charge is 2.42. The molecule has 6 nitrogen and oxygen atoms in total. The van der Waals surface area contributed by atoms with Crippen LogP contribution in [0.25, 0.3) is 11.0 Å². The van der Waals surface area contributed by atoms with E-state index >= 15 is 0 Å². The van der Waals surface area contributed by atoms with Crippen LogP contribution in [0.3, 0.4) is 0 Å². The number of ether oxygens (including phenoxy) is 1. The molecule has 0 radical (unpaired) electrons. The summed E-state index contributed by atoms with van der Waals surface area (Å²) in [5.74, 6) is 0.279. The lowest BCUT2D eigenvalue weighted by molar-refractivity contribution is 0.0691. The second-order valence-corrected chi connectivity index (χ2v) is 7.03. The maximum atomic E-state index is 13.4. The lowest BCUT2D eigenvalue weighted by atomic mass is 9.97. The molecule has 1 amide bonds. The first kappa shape index (κ1) is 18.3. The number of carbonyl (C=O) groups excluding carboxylic acids is 1. The fraction of sp³-hybridized carbons (Fsp3) is 0.273. The van der Waals surface area contributed by atoms with Crippen LogP contribution in [-0.2, 0) is 0 Å². The summed E-state index contributed by atoms with van der Waals surface area (Å²) < 4.78 is 11.3. The Morgan fingerprint density at radius 1 is 1.18 bits per heavy atom. The number of hydrogen-bond acceptors (Lipinski definition) is 5. The normalized spacial score (nSPS) is 15.9. The van der Waals surface area contributed by atoms with Gasteiger partial charge in [-0.2, -0.15) is 0 Å². The summed E-state index contributed by atoms with van der Waals surface area (Å²) in [6.45, 7) is 3.65. The monoisotopic (exact) mass is 379 g/mol. The smallest absolute Gasteiger partial charge is 0.290 e. The number of aliphatic hydroxyl groups is 1. The van der Waals surface area contributed by atoms with E-state index < -0.39 is 11.9 Å². The Labute approximate surface area is 162 Å². The van der Waals surface area contributed by atoms with E-state index in [9.17, 15) is 14.7 Å². The van der Waals surface area contributed by atoms with E-state index in [1.54, 1.807) is 25.3 Å². The van der Waals surface area contributed by atoms with Crippen molar-refractivity contribution in [3.05, 3.63) is 74.6 Å². The summed E-state index contributed by atoms with van der Waals surface area (Å²) in [6.07, 6.45) is 0. The van der Waals surface area contributed by atoms with Gasteiger partial charge >= 0.3 is 0 Å². The van der Waals surface area contributed by atoms with Crippen molar-refractivity contribution in [2.45, 2.75) is 19.9 Å². The molecule has 1 aliphatic heterocycles. The third kappa shape index (κ3) is 2.68. The van der Waals surface area contributed by atoms with Crippen LogP contribution < -0.4 is 10.2 Å². The van der Waals surface area contributed by atoms with E-state index in [2.05, 4.69) is 0 Å². The highest BCUT2D eigenvalue weighted by atomic mass is 16.5. The van der Waals surface area contributed by atoms with Gasteiger partial charge in [-0.15, -0.1) is 0 Å². The Kier molecular flexibility index (Phi) is 4.43. The summed E-state index contributed by atoms with van der Waals surface area (Å²) in [7, 11) is 1.56. The molecule has 144 valence electrons. The summed E-state index contributed by atoms with van der Waals surface area (Å²) in [5.41, 5.74) is 3.01. The number of nitrogens with zero attached hydrogens (tertiary/aromatic N) is 1. The molecule has 1 N–H and O–H groups in total. The van der Waals surface area contributed by atoms with Gasteiger partial charge in [-0.25, -0.2) is 0 Å². The third-order valence-electron chi connectivity index (χ3n) is 5.15. The number of β-amino-alcohol motifs (C(OH)–C–C–N with tert-alkyl or cyclic N) is 1. The zero-order valence-corrected chi connectivity index (χ0v) is 16.0. The number of rotatable bonds is 4. The van der Waals surface area contributed by atoms with Crippen LogP contribution in [0.15, 0.2) is 45.6 Å². The second-order valence-electron chi connectivity index (χ2n) is 7.03. The van der Waals surface area contributed by atoms with Crippen molar-refractivity contribution in [3.8, 4) is 5.75 Å². The molecule has 2 heterocycles. The van der Waals surface area contributed by atoms with Crippen LogP contribution in [0.1, 0.15) is 38.9 Å². The molecule has 0 saturated carbocycles. The second kappa shape index (κ2) is 6.80. The number of carbonyl (C=O) groups is 1. The largest absolute Gasteiger partial charge is 0.497 e. The first-order valence-electron chi connectivity index (χ1n) is 9.10. The molecule has 0 saturated heterocycles. The topological polar surface area (TPSA) is 80.0 Å². The van der Waals surface area contributed by atoms with Crippen LogP contribution in [0.5, 0.6) is 5.75 Å². The molecule has 1 unspecified atom stereocenters. The Balaban J connectivity index is 2.03. The standard InChI is InChI=1S/C22H21NO5/c1-12-9-13(2)20-16(10-12)19(25)17-18(14-5-4-6-15(11-14)27-3)23(7-8-24)22(26)21(17)28-20/h4-6,9-11,18,24H,7-8H2,1-3H3. The van der Waals surface area contributed by atoms with Gasteiger partial charge in [-0.1, -0.05) is 18.2 Å². The van der Waals surface area contributed by atoms with Gasteiger partial charge in [0.2, 0.25) is 5.76 Å². The van der Waals surface area contributed by atoms with E-state index in [1.807, 2.05) is 32.0 Å². The summed E-state index contributed by atoms with van der Waals surface area (Å²) in [5, 5.41) is 9.96. The number of benzene rings is 2. The van der Waals surface area contributed by atoms with Gasteiger partial charge in [0.05, 0.1) is 30.7 Å². The maximum absolute atomic E-state index is 13.4. The molecule has 1 aromatic heterocycles. The number of aryl methyl sites for hydroxylation is 2. The van der Waals surface area contributed by atoms with Crippen LogP contribution in [0, 0.1) is 13.8 Å². The lowest BCUT2D eigenvalue weighted by Gasteiger charge is -2.24. The third-order valence-corrected chi connectivity index (χ3v) is 5.15. The van der Waals surface area contributed by atoms with Crippen molar-refractivity contribution in [2.24, 2.45) is 0 Å². The SMILES string of the molecule is COc1cccc(C2c3c(oc4c(C)cc(C)cc4c3=O)C(=O)N2CCO)c1. The van der Waals surface area contributed by atoms with Gasteiger partial charge in [0, 0.05) is 6.54 Å². The molecular formula is C22H21NO5. The van der Waals surface area contributed by atoms with Gasteiger partial charge < -0.3 is 19.2 Å². The molecule has 4 rings (SSSR count). The van der Waals surface area contributed by atoms with E-state index in [0.717, 1.165) is 16.7 Å². The van der Waals surface area contributed by atoms with Crippen LogP contribution in [0.4, 0.5) is 0 Å². The molecule has 0 aliphatic carbocycles. The van der Waals surface area contributed by atoms with E-state index in [0.29, 0.717) is 22.3 Å². The van der Waals surface area contributed by atoms with Gasteiger partial charge in [-0.3, -0.25) is 9.59 Å². The minimum absolute atomic E-state index is 0.0470. The molecule has 1 aliphatic rings. The average Bonchev–Trinajstić information content (AvgIpc) is 2.96. The Morgan fingerprint density at radius 3 is 2.68 bits per heavy atom. The predicted octanol–water partition coefficient (Wildman–Crippen LogP) is 2.96. The molecule has 0 spiro atoms. The Morgan fingerprint density at radius 2 is 1.96 bits per heavy atom. The fourth-order valence-corrected chi connectivity index (χ4v) is 3.97. The first-order valence-corrected chi connectivity index (χ1v) is 9.10. The van der Waals surface area contributed by atoms with Crippen molar-refractivity contribution >= 4 is 16.9 Å². The summed E-state index contributed by atoms with van der Waals surface area (Å²) >= 11 is 0. The number of hydrogen-bond donors (Lipinski definition) is 1. The van der Waals surface area contributed by atoms with E-state index in [4.69, 9.17) is 9.15 Å². The highest BCUT2D eigenvalue weighted by Crippen LogP contribution is 2.39. The number of aliphatic hydroxyl groups excluding tert-OH is 1. The highest BCUT2D eigenvalue weighted by molar-refractivity contribution is 5.99. The van der Waals surface area contributed by atoms with E-state index in [-0.39, 0.29) is 24.3 Å². The van der Waals surface area contributed by atoms with Crippen molar-refractivity contribution in [1.82, 2.24) is 4.90 Å². The number of amides is 1. The summed E-state index contributed by atoms with van der Waals surface area (Å²) in [6, 6.07) is 10.3. The van der Waals surface area contributed by atoms with E-state index in [1.165, 1.54) is 4.90 Å². The molecule has 0 bridgehead atoms. The van der Waals surface area contributed by atoms with Crippen molar-refractivity contribution in [1.29, 1.82) is 0 Å². The predicted molar refractivity (Wildman–Crippen MR) is 105 cm³/mol. The lowest BCUT2D eigenvalue weighted by Crippen LogP contribution is -2.32. The fourth-order valence-electron chi connectivity index (χ4n) is 3.97. The van der Waals surface area contributed by atoms with Crippen molar-refractivity contribution in [2.75, 3.05) is 20.3 Å². The Bertz CT molecular complexity index is 1150. The molecule has 3 aromatic rings. The zero-order chi connectivity index (χ0) is 20.0. The minimum Gasteiger partial charge on any atom is -0.497 e. The molecule has 2 aromatic carbocycles. The molecule has 0 fully saturated rings. The van der Waals surface area contributed by atoms with Gasteiger partial charge in [0.25, 0.3) is 5.91 Å². The zero-order valence-electron chi connectivity index (χ0n) is 16.0. The molecule has 28 heavy (non-hydrogen) atoms. The minimum atomic E-state index is -0.633. The average molecular weight is 379 g/mol. The Hall–Kier alpha value is -3.12. The van der Waals surface area contributed by atoms with Crippen LogP contribution in [0.2, 0.25) is 0 Å². The van der Waals surface area contributed by atoms with Crippen molar-refractivity contribution < 1.29 is 19.1 Å². The summed E-state index contributed by atoms with van der Waals surface area (Å²) in [4.78, 5) is 28.0. The number of fused-ring (bicyclic) bond motifs is 2. The number of methoxy groups -OCH3 is 1. The van der Waals surface area contributed by atoms with Gasteiger partial charge in [0.1, 0.15) is 11.3 Å². The van der Waals surface area contributed by atoms with Crippen LogP contribution in [-0.4, -0.2) is 36.2 Å². The van der Waals surface area contributed by atoms with Gasteiger partial charge in [0.15, 0.2) is 5.43 Å². The first-order chi connectivity index (χ1) is 13.5. The molecule has 6 heteroatoms. The molecular weight excluding hydrogens is 358 g/mol. The van der Waals surface area contributed by atoms with Gasteiger partial charge in [-0.05, 0) is 48.7 Å². The quantitative estimate of drug-likeness (QED) is 0.754.